The number of benzene rings is 4. The minimum absolute atomic E-state index is 0.0177. The van der Waals surface area contributed by atoms with Gasteiger partial charge in [0.15, 0.2) is 6.79 Å². The van der Waals surface area contributed by atoms with E-state index in [1.807, 2.05) is 24.3 Å². The Labute approximate surface area is 455 Å². The van der Waals surface area contributed by atoms with Gasteiger partial charge in [0.05, 0.1) is 35.5 Å². The topological polar surface area (TPSA) is 294 Å². The first kappa shape index (κ1) is 66.9. The summed E-state index contributed by atoms with van der Waals surface area (Å²) in [5, 5.41) is 25.1. The minimum Gasteiger partial charge on any atom is -0.507 e. The fourth-order valence-corrected chi connectivity index (χ4v) is 9.57. The number of carbonyl (C=O) groups is 6. The summed E-state index contributed by atoms with van der Waals surface area (Å²) >= 11 is 5.47. The molecule has 0 bridgehead atoms. The molecule has 0 aliphatic carbocycles. The second kappa shape index (κ2) is 33.9. The lowest BCUT2D eigenvalue weighted by atomic mass is 10.2. The number of esters is 4. The molecule has 0 fully saturated rings. The number of rotatable bonds is 26. The predicted octanol–water partition coefficient (Wildman–Crippen LogP) is 9.07. The highest BCUT2D eigenvalue weighted by Crippen LogP contribution is 2.40. The molecule has 25 heteroatoms. The van der Waals surface area contributed by atoms with Gasteiger partial charge in [0.25, 0.3) is 11.8 Å². The molecule has 0 heterocycles. The van der Waals surface area contributed by atoms with Gasteiger partial charge in [-0.05, 0) is 132 Å². The first-order valence-corrected chi connectivity index (χ1v) is 28.2. The van der Waals surface area contributed by atoms with Gasteiger partial charge in [-0.25, -0.2) is 20.3 Å². The standard InChI is InChI=1S/C26H36N3O8P.C13H26ClN2O6P.C13H11NO2/c1-17(2)36-25(31)19(5)28-38(33,29-20(6)26(32)37-18(3)4)35-16-34-23-15-11-10-14-22(23)24(30)27-21-12-8-7-9-13-21;1-8(2)21-12(17)10(5)15-23(19,20-7-14)16-11(6)13(18)22-9(3)4;15-12-9-5-4-8-11(12)13(16)14-10-6-2-1-3-7-10/h7-15,17-20H,16H2,1-6H3,(H,27,30)(H2,28,29,33);8-11H,7H2,1-6H3,(H2,15,16,19);1-9,15H,(H,14,16)/t19-,20-;10-,11-;/m00./s1. The van der Waals surface area contributed by atoms with Crippen LogP contribution in [-0.4, -0.2) is 102 Å². The summed E-state index contributed by atoms with van der Waals surface area (Å²) in [4.78, 5) is 72.7. The number of hydrogen-bond acceptors (Lipinski definition) is 16. The Morgan fingerprint density at radius 1 is 0.455 bits per heavy atom. The highest BCUT2D eigenvalue weighted by atomic mass is 35.5. The van der Waals surface area contributed by atoms with Crippen molar-refractivity contribution in [2.45, 2.75) is 132 Å². The van der Waals surface area contributed by atoms with E-state index in [2.05, 4.69) is 31.0 Å². The Kier molecular flexibility index (Phi) is 29.4. The van der Waals surface area contributed by atoms with Crippen molar-refractivity contribution in [1.29, 1.82) is 0 Å². The number of phenolic OH excluding ortho intramolecular Hbond substituents is 1. The average Bonchev–Trinajstić information content (AvgIpc) is 3.34. The summed E-state index contributed by atoms with van der Waals surface area (Å²) in [5.41, 5.74) is 1.80. The Hall–Kier alpha value is -6.19. The molecule has 0 spiro atoms. The maximum atomic E-state index is 13.6. The van der Waals surface area contributed by atoms with Crippen molar-refractivity contribution in [1.82, 2.24) is 20.3 Å². The average molecular weight is 1140 g/mol. The molecule has 424 valence electrons. The van der Waals surface area contributed by atoms with Crippen molar-refractivity contribution in [3.05, 3.63) is 120 Å². The lowest BCUT2D eigenvalue weighted by molar-refractivity contribution is -0.150. The number of para-hydroxylation sites is 4. The van der Waals surface area contributed by atoms with Crippen LogP contribution < -0.4 is 35.7 Å². The van der Waals surface area contributed by atoms with Crippen LogP contribution in [0.3, 0.4) is 0 Å². The van der Waals surface area contributed by atoms with E-state index in [0.29, 0.717) is 11.4 Å². The van der Waals surface area contributed by atoms with Crippen molar-refractivity contribution < 1.29 is 75.7 Å². The van der Waals surface area contributed by atoms with E-state index in [1.54, 1.807) is 134 Å². The summed E-state index contributed by atoms with van der Waals surface area (Å²) in [6.45, 7) is 18.8. The number of anilines is 2. The Bertz CT molecular complexity index is 2530. The van der Waals surface area contributed by atoms with E-state index >= 15 is 0 Å². The first-order valence-electron chi connectivity index (χ1n) is 24.4. The van der Waals surface area contributed by atoms with Crippen LogP contribution in [0.4, 0.5) is 11.4 Å². The van der Waals surface area contributed by atoms with Crippen molar-refractivity contribution in [3.63, 3.8) is 0 Å². The molecule has 4 rings (SSSR count). The maximum Gasteiger partial charge on any atom is 0.345 e. The molecule has 4 aromatic rings. The van der Waals surface area contributed by atoms with E-state index in [1.165, 1.54) is 33.8 Å². The lowest BCUT2D eigenvalue weighted by Gasteiger charge is -2.26. The van der Waals surface area contributed by atoms with E-state index in [4.69, 9.17) is 44.3 Å². The van der Waals surface area contributed by atoms with Crippen molar-refractivity contribution in [3.8, 4) is 11.5 Å². The van der Waals surface area contributed by atoms with E-state index in [9.17, 15) is 43.0 Å². The molecule has 4 atom stereocenters. The molecule has 0 saturated heterocycles. The third-order valence-electron chi connectivity index (χ3n) is 9.30. The number of aromatic hydroxyl groups is 1. The van der Waals surface area contributed by atoms with Gasteiger partial charge in [-0.2, -0.15) is 0 Å². The van der Waals surface area contributed by atoms with Crippen LogP contribution in [-0.2, 0) is 56.3 Å². The SMILES string of the molecule is CC(C)OC(=O)[C@H](C)NP(=O)(N[C@@H](C)C(=O)OC(C)C)OCCl.CC(C)OC(=O)[C@H](C)NP(=O)(N[C@@H](C)C(=O)OC(C)C)OCOc1ccccc1C(=O)Nc1ccccc1.O=C(Nc1ccccc1)c1ccccc1O. The fraction of sp³-hybridized carbons (Fsp3) is 0.423. The minimum atomic E-state index is -4.08. The molecule has 4 aromatic carbocycles. The molecule has 7 N–H and O–H groups in total. The monoisotopic (exact) mass is 1130 g/mol. The van der Waals surface area contributed by atoms with E-state index in [-0.39, 0.29) is 52.9 Å². The van der Waals surface area contributed by atoms with Crippen LogP contribution in [0.5, 0.6) is 11.5 Å². The molecule has 0 saturated carbocycles. The summed E-state index contributed by atoms with van der Waals surface area (Å²) in [6.07, 6.45) is -1.40. The molecule has 0 aromatic heterocycles. The molecule has 22 nitrogen and oxygen atoms in total. The number of carbonyl (C=O) groups excluding carboxylic acids is 6. The summed E-state index contributed by atoms with van der Waals surface area (Å²) in [5.74, 6) is -3.09. The van der Waals surface area contributed by atoms with Gasteiger partial charge in [0.2, 0.25) is 0 Å². The Morgan fingerprint density at radius 2 is 0.766 bits per heavy atom. The van der Waals surface area contributed by atoms with E-state index < -0.39 is 82.2 Å². The van der Waals surface area contributed by atoms with Gasteiger partial charge in [-0.3, -0.25) is 46.9 Å². The van der Waals surface area contributed by atoms with Crippen LogP contribution >= 0.6 is 26.9 Å². The van der Waals surface area contributed by atoms with E-state index in [0.717, 1.165) is 0 Å². The number of hydrogen-bond donors (Lipinski definition) is 7. The van der Waals surface area contributed by atoms with Crippen LogP contribution in [0.15, 0.2) is 109 Å². The normalized spacial score (nSPS) is 12.8. The summed E-state index contributed by atoms with van der Waals surface area (Å²) in [7, 11) is -7.84. The van der Waals surface area contributed by atoms with Gasteiger partial charge in [-0.1, -0.05) is 72.3 Å². The molecular weight excluding hydrogens is 1060 g/mol. The van der Waals surface area contributed by atoms with Gasteiger partial charge < -0.3 is 39.4 Å². The highest BCUT2D eigenvalue weighted by Gasteiger charge is 2.35. The number of nitrogens with one attached hydrogen (secondary N) is 6. The summed E-state index contributed by atoms with van der Waals surface area (Å²) in [6, 6.07) is 26.6. The van der Waals surface area contributed by atoms with Crippen molar-refractivity contribution >= 4 is 74.0 Å². The Balaban J connectivity index is 0.000000438. The molecule has 0 unspecified atom stereocenters. The second-order valence-electron chi connectivity index (χ2n) is 17.7. The Morgan fingerprint density at radius 3 is 1.12 bits per heavy atom. The number of amides is 2. The van der Waals surface area contributed by atoms with Gasteiger partial charge in [0.1, 0.15) is 41.7 Å². The maximum absolute atomic E-state index is 13.6. The zero-order valence-corrected chi connectivity index (χ0v) is 47.8. The third kappa shape index (κ3) is 26.1. The van der Waals surface area contributed by atoms with Gasteiger partial charge >= 0.3 is 39.2 Å². The number of halogens is 1. The number of phenols is 1. The van der Waals surface area contributed by atoms with Crippen LogP contribution in [0.2, 0.25) is 0 Å². The van der Waals surface area contributed by atoms with Gasteiger partial charge in [0, 0.05) is 11.4 Å². The molecular formula is C52H73ClN6O16P2. The molecule has 0 radical (unpaired) electrons. The number of alkyl halides is 1. The number of ether oxygens (including phenoxy) is 5. The van der Waals surface area contributed by atoms with Crippen molar-refractivity contribution in [2.75, 3.05) is 23.5 Å². The van der Waals surface area contributed by atoms with Crippen LogP contribution in [0.1, 0.15) is 104 Å². The van der Waals surface area contributed by atoms with Gasteiger partial charge in [-0.15, -0.1) is 0 Å². The third-order valence-corrected chi connectivity index (χ3v) is 13.4. The van der Waals surface area contributed by atoms with Crippen molar-refractivity contribution in [2.24, 2.45) is 0 Å². The van der Waals surface area contributed by atoms with Crippen LogP contribution in [0, 0.1) is 0 Å². The highest BCUT2D eigenvalue weighted by molar-refractivity contribution is 7.55. The quantitative estimate of drug-likeness (QED) is 0.0101. The molecule has 2 amide bonds. The molecule has 0 aliphatic rings. The zero-order chi connectivity index (χ0) is 57.9. The fourth-order valence-electron chi connectivity index (χ4n) is 5.91. The molecule has 0 aliphatic heterocycles. The predicted molar refractivity (Wildman–Crippen MR) is 292 cm³/mol. The first-order chi connectivity index (χ1) is 36.2. The zero-order valence-electron chi connectivity index (χ0n) is 45.3. The summed E-state index contributed by atoms with van der Waals surface area (Å²) < 4.78 is 62.7. The largest absolute Gasteiger partial charge is 0.507 e. The molecule has 77 heavy (non-hydrogen) atoms. The second-order valence-corrected chi connectivity index (χ2v) is 21.7. The lowest BCUT2D eigenvalue weighted by Crippen LogP contribution is -2.43. The smallest absolute Gasteiger partial charge is 0.345 e. The van der Waals surface area contributed by atoms with Crippen LogP contribution in [0.25, 0.3) is 0 Å².